The molecular formula is C16H21NO8S. The second-order valence-corrected chi connectivity index (χ2v) is 7.52. The molecule has 1 rings (SSSR count). The van der Waals surface area contributed by atoms with Crippen LogP contribution in [-0.2, 0) is 14.9 Å². The molecule has 1 atom stereocenters. The van der Waals surface area contributed by atoms with E-state index in [1.165, 1.54) is 25.3 Å². The smallest absolute Gasteiger partial charge is 0.327 e. The Morgan fingerprint density at radius 2 is 1.77 bits per heavy atom. The molecule has 0 saturated heterocycles. The second kappa shape index (κ2) is 8.77. The van der Waals surface area contributed by atoms with Crippen LogP contribution >= 0.6 is 0 Å². The number of benzene rings is 1. The van der Waals surface area contributed by atoms with Crippen LogP contribution in [0.4, 0.5) is 0 Å². The number of carbonyl (C=O) groups excluding carboxylic acids is 2. The molecule has 0 radical (unpaired) electrons. The van der Waals surface area contributed by atoms with Gasteiger partial charge in [-0.3, -0.25) is 14.1 Å². The van der Waals surface area contributed by atoms with Gasteiger partial charge in [0, 0.05) is 6.42 Å². The lowest BCUT2D eigenvalue weighted by atomic mass is 9.98. The zero-order valence-electron chi connectivity index (χ0n) is 14.6. The minimum atomic E-state index is -4.63. The van der Waals surface area contributed by atoms with E-state index in [2.05, 4.69) is 0 Å². The lowest BCUT2D eigenvalue weighted by Crippen LogP contribution is -2.45. The molecule has 0 bridgehead atoms. The summed E-state index contributed by atoms with van der Waals surface area (Å²) in [6.45, 7) is 3.71. The number of hydrogen-bond donors (Lipinski definition) is 3. The summed E-state index contributed by atoms with van der Waals surface area (Å²) >= 11 is 0. The lowest BCUT2D eigenvalue weighted by Gasteiger charge is -2.16. The van der Waals surface area contributed by atoms with E-state index >= 15 is 0 Å². The Hall–Kier alpha value is -2.46. The summed E-state index contributed by atoms with van der Waals surface area (Å²) < 4.78 is 35.8. The first-order valence-electron chi connectivity index (χ1n) is 7.65. The summed E-state index contributed by atoms with van der Waals surface area (Å²) in [5, 5.41) is 11.0. The summed E-state index contributed by atoms with van der Waals surface area (Å²) in [5.41, 5.74) is 0.0409. The number of rotatable bonds is 9. The molecule has 0 spiro atoms. The maximum Gasteiger partial charge on any atom is 0.327 e. The van der Waals surface area contributed by atoms with Gasteiger partial charge in [0.2, 0.25) is 0 Å². The number of carboxylic acid groups (broad SMARTS) is 1. The Bertz CT molecular complexity index is 800. The summed E-state index contributed by atoms with van der Waals surface area (Å²) in [6, 6.07) is 2.36. The Morgan fingerprint density at radius 3 is 2.23 bits per heavy atom. The standard InChI is InChI=1S/C16H21NO8S/c1-9(2)7-13(18)10-5-4-6-11(14(10)25-3)15(19)17-12(16(20)21)8-26(22,23)24/h4-6,9,12H,7-8H2,1-3H3,(H,17,19)(H,20,21)(H,22,23,24)/t12-/m0/s1. The van der Waals surface area contributed by atoms with Crippen LogP contribution in [0.15, 0.2) is 18.2 Å². The zero-order chi connectivity index (χ0) is 20.1. The Morgan fingerprint density at radius 1 is 1.19 bits per heavy atom. The van der Waals surface area contributed by atoms with Crippen LogP contribution in [-0.4, -0.2) is 54.6 Å². The number of hydrogen-bond acceptors (Lipinski definition) is 6. The maximum absolute atomic E-state index is 12.4. The van der Waals surface area contributed by atoms with Crippen molar-refractivity contribution in [3.63, 3.8) is 0 Å². The van der Waals surface area contributed by atoms with E-state index in [1.807, 2.05) is 19.2 Å². The Kier molecular flexibility index (Phi) is 7.28. The number of carbonyl (C=O) groups is 3. The molecule has 3 N–H and O–H groups in total. The summed E-state index contributed by atoms with van der Waals surface area (Å²) in [5.74, 6) is -3.98. The molecule has 0 fully saturated rings. The van der Waals surface area contributed by atoms with Gasteiger partial charge in [0.05, 0.1) is 18.2 Å². The van der Waals surface area contributed by atoms with Crippen LogP contribution in [0.3, 0.4) is 0 Å². The van der Waals surface area contributed by atoms with Crippen molar-refractivity contribution in [2.75, 3.05) is 12.9 Å². The van der Waals surface area contributed by atoms with Crippen LogP contribution in [0.1, 0.15) is 41.0 Å². The number of Topliss-reactive ketones (excluding diaryl/α,β-unsaturated/α-hetero) is 1. The van der Waals surface area contributed by atoms with Crippen molar-refractivity contribution in [2.24, 2.45) is 5.92 Å². The molecule has 26 heavy (non-hydrogen) atoms. The number of ether oxygens (including phenoxy) is 1. The van der Waals surface area contributed by atoms with Crippen LogP contribution in [0.2, 0.25) is 0 Å². The lowest BCUT2D eigenvalue weighted by molar-refractivity contribution is -0.138. The number of carboxylic acids is 1. The highest BCUT2D eigenvalue weighted by atomic mass is 32.2. The highest BCUT2D eigenvalue weighted by molar-refractivity contribution is 7.85. The van der Waals surface area contributed by atoms with Crippen LogP contribution < -0.4 is 10.1 Å². The molecule has 0 aromatic heterocycles. The van der Waals surface area contributed by atoms with E-state index in [0.29, 0.717) is 0 Å². The largest absolute Gasteiger partial charge is 0.495 e. The van der Waals surface area contributed by atoms with E-state index in [4.69, 9.17) is 14.4 Å². The van der Waals surface area contributed by atoms with Crippen LogP contribution in [0.5, 0.6) is 5.75 Å². The monoisotopic (exact) mass is 387 g/mol. The van der Waals surface area contributed by atoms with Crippen molar-refractivity contribution in [1.82, 2.24) is 5.32 Å². The Labute approximate surface area is 151 Å². The summed E-state index contributed by atoms with van der Waals surface area (Å²) in [7, 11) is -3.37. The van der Waals surface area contributed by atoms with Crippen molar-refractivity contribution < 1.29 is 37.2 Å². The molecule has 9 nitrogen and oxygen atoms in total. The zero-order valence-corrected chi connectivity index (χ0v) is 15.4. The number of nitrogens with one attached hydrogen (secondary N) is 1. The molecule has 0 aliphatic carbocycles. The fourth-order valence-electron chi connectivity index (χ4n) is 2.26. The van der Waals surface area contributed by atoms with E-state index in [0.717, 1.165) is 0 Å². The van der Waals surface area contributed by atoms with Gasteiger partial charge < -0.3 is 15.2 Å². The molecule has 10 heteroatoms. The summed E-state index contributed by atoms with van der Waals surface area (Å²) in [6.07, 6.45) is 0.224. The Balaban J connectivity index is 3.19. The van der Waals surface area contributed by atoms with E-state index in [9.17, 15) is 22.8 Å². The first kappa shape index (κ1) is 21.6. The topological polar surface area (TPSA) is 147 Å². The van der Waals surface area contributed by atoms with Gasteiger partial charge in [-0.1, -0.05) is 19.9 Å². The van der Waals surface area contributed by atoms with Gasteiger partial charge in [0.1, 0.15) is 17.5 Å². The van der Waals surface area contributed by atoms with E-state index < -0.39 is 33.8 Å². The van der Waals surface area contributed by atoms with Crippen molar-refractivity contribution in [2.45, 2.75) is 26.3 Å². The van der Waals surface area contributed by atoms with Gasteiger partial charge in [-0.2, -0.15) is 8.42 Å². The van der Waals surface area contributed by atoms with Crippen molar-refractivity contribution in [1.29, 1.82) is 0 Å². The first-order chi connectivity index (χ1) is 12.0. The predicted molar refractivity (Wildman–Crippen MR) is 92.1 cm³/mol. The van der Waals surface area contributed by atoms with Crippen LogP contribution in [0, 0.1) is 5.92 Å². The van der Waals surface area contributed by atoms with Gasteiger partial charge in [-0.25, -0.2) is 4.79 Å². The molecular weight excluding hydrogens is 366 g/mol. The molecule has 0 aliphatic rings. The molecule has 1 aromatic rings. The van der Waals surface area contributed by atoms with Gasteiger partial charge in [-0.15, -0.1) is 0 Å². The van der Waals surface area contributed by atoms with Gasteiger partial charge in [-0.05, 0) is 18.1 Å². The second-order valence-electron chi connectivity index (χ2n) is 6.02. The number of amides is 1. The number of methoxy groups -OCH3 is 1. The predicted octanol–water partition coefficient (Wildman–Crippen LogP) is 0.995. The van der Waals surface area contributed by atoms with Crippen LogP contribution in [0.25, 0.3) is 0 Å². The van der Waals surface area contributed by atoms with Gasteiger partial charge in [0.25, 0.3) is 16.0 Å². The quantitative estimate of drug-likeness (QED) is 0.420. The third kappa shape index (κ3) is 6.12. The molecule has 1 aromatic carbocycles. The molecule has 0 heterocycles. The van der Waals surface area contributed by atoms with Crippen molar-refractivity contribution in [3.05, 3.63) is 29.3 Å². The third-order valence-electron chi connectivity index (χ3n) is 3.34. The SMILES string of the molecule is COc1c(C(=O)CC(C)C)cccc1C(=O)N[C@@H](CS(=O)(=O)O)C(=O)O. The highest BCUT2D eigenvalue weighted by Crippen LogP contribution is 2.26. The number of para-hydroxylation sites is 1. The number of aliphatic carboxylic acids is 1. The minimum Gasteiger partial charge on any atom is -0.495 e. The fourth-order valence-corrected chi connectivity index (χ4v) is 2.90. The molecule has 0 unspecified atom stereocenters. The van der Waals surface area contributed by atoms with Gasteiger partial charge >= 0.3 is 5.97 Å². The maximum atomic E-state index is 12.4. The highest BCUT2D eigenvalue weighted by Gasteiger charge is 2.28. The normalized spacial score (nSPS) is 12.5. The fraction of sp³-hybridized carbons (Fsp3) is 0.438. The average molecular weight is 387 g/mol. The minimum absolute atomic E-state index is 0.0355. The van der Waals surface area contributed by atoms with E-state index in [-0.39, 0.29) is 35.0 Å². The van der Waals surface area contributed by atoms with E-state index in [1.54, 1.807) is 0 Å². The summed E-state index contributed by atoms with van der Waals surface area (Å²) in [4.78, 5) is 35.8. The number of ketones is 1. The third-order valence-corrected chi connectivity index (χ3v) is 4.09. The molecule has 0 aliphatic heterocycles. The molecule has 1 amide bonds. The van der Waals surface area contributed by atoms with Crippen molar-refractivity contribution in [3.8, 4) is 5.75 Å². The van der Waals surface area contributed by atoms with Gasteiger partial charge in [0.15, 0.2) is 5.78 Å². The molecule has 0 saturated carbocycles. The molecule has 144 valence electrons. The van der Waals surface area contributed by atoms with Crippen molar-refractivity contribution >= 4 is 27.8 Å². The average Bonchev–Trinajstić information content (AvgIpc) is 2.51. The first-order valence-corrected chi connectivity index (χ1v) is 9.26.